The quantitative estimate of drug-likeness (QED) is 0.710. The van der Waals surface area contributed by atoms with Crippen LogP contribution < -0.4 is 9.46 Å². The van der Waals surface area contributed by atoms with Crippen molar-refractivity contribution >= 4 is 10.0 Å². The van der Waals surface area contributed by atoms with E-state index in [4.69, 9.17) is 9.47 Å². The molecule has 7 heteroatoms. The average Bonchev–Trinajstić information content (AvgIpc) is 3.34. The second-order valence-corrected chi connectivity index (χ2v) is 9.05. The monoisotopic (exact) mass is 382 g/mol. The van der Waals surface area contributed by atoms with Crippen LogP contribution in [0.5, 0.6) is 5.75 Å². The molecule has 6 nitrogen and oxygen atoms in total. The van der Waals surface area contributed by atoms with Crippen molar-refractivity contribution in [2.75, 3.05) is 39.1 Å². The average molecular weight is 383 g/mol. The Labute approximate surface area is 156 Å². The van der Waals surface area contributed by atoms with Gasteiger partial charge in [0.05, 0.1) is 19.0 Å². The highest BCUT2D eigenvalue weighted by Gasteiger charge is 2.26. The molecule has 2 unspecified atom stereocenters. The van der Waals surface area contributed by atoms with Crippen molar-refractivity contribution in [1.29, 1.82) is 0 Å². The molecule has 2 fully saturated rings. The first-order valence-corrected chi connectivity index (χ1v) is 11.2. The van der Waals surface area contributed by atoms with Crippen LogP contribution in [0.3, 0.4) is 0 Å². The maximum Gasteiger partial charge on any atom is 0.211 e. The zero-order valence-corrected chi connectivity index (χ0v) is 16.3. The molecule has 1 N–H and O–H groups in total. The van der Waals surface area contributed by atoms with E-state index in [1.54, 1.807) is 7.11 Å². The zero-order valence-electron chi connectivity index (χ0n) is 15.5. The van der Waals surface area contributed by atoms with Crippen LogP contribution in [0.15, 0.2) is 24.3 Å². The van der Waals surface area contributed by atoms with E-state index >= 15 is 0 Å². The first-order valence-electron chi connectivity index (χ1n) is 9.54. The Morgan fingerprint density at radius 3 is 2.81 bits per heavy atom. The molecule has 0 amide bonds. The van der Waals surface area contributed by atoms with Gasteiger partial charge in [0.2, 0.25) is 10.0 Å². The molecule has 146 valence electrons. The van der Waals surface area contributed by atoms with Gasteiger partial charge >= 0.3 is 0 Å². The van der Waals surface area contributed by atoms with Crippen molar-refractivity contribution in [2.24, 2.45) is 0 Å². The number of likely N-dealkylation sites (tertiary alicyclic amines) is 1. The third-order valence-electron chi connectivity index (χ3n) is 5.29. The van der Waals surface area contributed by atoms with E-state index in [0.29, 0.717) is 13.0 Å². The van der Waals surface area contributed by atoms with Gasteiger partial charge in [0.25, 0.3) is 0 Å². The summed E-state index contributed by atoms with van der Waals surface area (Å²) in [5.74, 6) is 0.926. The number of hydrogen-bond acceptors (Lipinski definition) is 5. The molecule has 0 saturated carbocycles. The minimum Gasteiger partial charge on any atom is -0.497 e. The van der Waals surface area contributed by atoms with Gasteiger partial charge in [-0.3, -0.25) is 4.90 Å². The van der Waals surface area contributed by atoms with Gasteiger partial charge in [0.1, 0.15) is 5.75 Å². The second-order valence-electron chi connectivity index (χ2n) is 7.13. The van der Waals surface area contributed by atoms with E-state index in [-0.39, 0.29) is 17.9 Å². The first-order chi connectivity index (χ1) is 12.6. The topological polar surface area (TPSA) is 67.9 Å². The van der Waals surface area contributed by atoms with Crippen molar-refractivity contribution in [3.8, 4) is 5.75 Å². The molecule has 0 aromatic heterocycles. The van der Waals surface area contributed by atoms with Crippen molar-refractivity contribution in [1.82, 2.24) is 9.62 Å². The molecule has 2 atom stereocenters. The second kappa shape index (κ2) is 9.17. The summed E-state index contributed by atoms with van der Waals surface area (Å²) >= 11 is 0. The molecule has 1 aromatic rings. The number of ether oxygens (including phenoxy) is 2. The van der Waals surface area contributed by atoms with Gasteiger partial charge in [-0.15, -0.1) is 0 Å². The Morgan fingerprint density at radius 1 is 1.31 bits per heavy atom. The van der Waals surface area contributed by atoms with Gasteiger partial charge < -0.3 is 9.47 Å². The Morgan fingerprint density at radius 2 is 2.12 bits per heavy atom. The third-order valence-corrected chi connectivity index (χ3v) is 6.67. The standard InChI is InChI=1S/C19H30N2O4S/c1-24-18-7-4-6-16(14-18)19(21-10-2-3-11-21)15-20-26(22,23)13-9-17-8-5-12-25-17/h4,6-7,14,17,19-20H,2-3,5,8-13,15H2,1H3. The molecule has 0 radical (unpaired) electrons. The number of hydrogen-bond donors (Lipinski definition) is 1. The number of rotatable bonds is 9. The number of methoxy groups -OCH3 is 1. The van der Waals surface area contributed by atoms with Crippen LogP contribution in [0.4, 0.5) is 0 Å². The Bertz CT molecular complexity index is 668. The summed E-state index contributed by atoms with van der Waals surface area (Å²) in [7, 11) is -1.65. The number of sulfonamides is 1. The SMILES string of the molecule is COc1cccc(C(CNS(=O)(=O)CCC2CCCO2)N2CCCC2)c1. The lowest BCUT2D eigenvalue weighted by Gasteiger charge is -2.28. The summed E-state index contributed by atoms with van der Waals surface area (Å²) < 4.78 is 38.6. The molecule has 1 aromatic carbocycles. The fourth-order valence-electron chi connectivity index (χ4n) is 3.80. The van der Waals surface area contributed by atoms with Crippen LogP contribution >= 0.6 is 0 Å². The molecule has 2 aliphatic heterocycles. The normalized spacial score (nSPS) is 22.6. The molecule has 2 saturated heterocycles. The Hall–Kier alpha value is -1.15. The molecule has 2 aliphatic rings. The number of benzene rings is 1. The minimum absolute atomic E-state index is 0.0325. The van der Waals surface area contributed by atoms with Crippen molar-refractivity contribution in [3.63, 3.8) is 0 Å². The summed E-state index contributed by atoms with van der Waals surface area (Å²) in [5, 5.41) is 0. The molecule has 0 aliphatic carbocycles. The van der Waals surface area contributed by atoms with E-state index < -0.39 is 10.0 Å². The van der Waals surface area contributed by atoms with E-state index in [0.717, 1.165) is 56.7 Å². The summed E-state index contributed by atoms with van der Waals surface area (Å²) in [6.45, 7) is 3.14. The van der Waals surface area contributed by atoms with Gasteiger partial charge in [-0.1, -0.05) is 12.1 Å². The van der Waals surface area contributed by atoms with E-state index in [2.05, 4.69) is 9.62 Å². The van der Waals surface area contributed by atoms with Crippen molar-refractivity contribution < 1.29 is 17.9 Å². The van der Waals surface area contributed by atoms with Gasteiger partial charge in [-0.05, 0) is 62.9 Å². The first kappa shape index (κ1) is 19.6. The highest BCUT2D eigenvalue weighted by Crippen LogP contribution is 2.27. The minimum atomic E-state index is -3.31. The maximum absolute atomic E-state index is 12.5. The molecule has 2 heterocycles. The molecule has 0 spiro atoms. The van der Waals surface area contributed by atoms with Gasteiger partial charge in [-0.2, -0.15) is 0 Å². The lowest BCUT2D eigenvalue weighted by atomic mass is 10.1. The van der Waals surface area contributed by atoms with Crippen LogP contribution in [0, 0.1) is 0 Å². The lowest BCUT2D eigenvalue weighted by molar-refractivity contribution is 0.108. The third kappa shape index (κ3) is 5.42. The fraction of sp³-hybridized carbons (Fsp3) is 0.684. The van der Waals surface area contributed by atoms with Crippen LogP contribution in [0.2, 0.25) is 0 Å². The molecule has 3 rings (SSSR count). The zero-order chi connectivity index (χ0) is 18.4. The van der Waals surface area contributed by atoms with E-state index in [1.165, 1.54) is 0 Å². The Balaban J connectivity index is 1.63. The molecule has 0 bridgehead atoms. The smallest absolute Gasteiger partial charge is 0.211 e. The highest BCUT2D eigenvalue weighted by atomic mass is 32.2. The number of nitrogens with one attached hydrogen (secondary N) is 1. The predicted octanol–water partition coefficient (Wildman–Crippen LogP) is 2.32. The van der Waals surface area contributed by atoms with Gasteiger partial charge in [0, 0.05) is 19.2 Å². The van der Waals surface area contributed by atoms with Crippen molar-refractivity contribution in [2.45, 2.75) is 44.2 Å². The maximum atomic E-state index is 12.5. The van der Waals surface area contributed by atoms with Crippen LogP contribution in [-0.2, 0) is 14.8 Å². The largest absolute Gasteiger partial charge is 0.497 e. The summed E-state index contributed by atoms with van der Waals surface area (Å²) in [6, 6.07) is 7.96. The predicted molar refractivity (Wildman–Crippen MR) is 102 cm³/mol. The van der Waals surface area contributed by atoms with Gasteiger partial charge in [-0.25, -0.2) is 13.1 Å². The summed E-state index contributed by atoms with van der Waals surface area (Å²) in [6.07, 6.45) is 4.99. The molecule has 26 heavy (non-hydrogen) atoms. The van der Waals surface area contributed by atoms with Crippen LogP contribution in [0.1, 0.15) is 43.7 Å². The van der Waals surface area contributed by atoms with Crippen molar-refractivity contribution in [3.05, 3.63) is 29.8 Å². The number of nitrogens with zero attached hydrogens (tertiary/aromatic N) is 1. The van der Waals surface area contributed by atoms with E-state index in [9.17, 15) is 8.42 Å². The molecular formula is C19H30N2O4S. The summed E-state index contributed by atoms with van der Waals surface area (Å²) in [5.41, 5.74) is 1.09. The van der Waals surface area contributed by atoms with Crippen LogP contribution in [0.25, 0.3) is 0 Å². The Kier molecular flexibility index (Phi) is 6.92. The fourth-order valence-corrected chi connectivity index (χ4v) is 4.93. The lowest BCUT2D eigenvalue weighted by Crippen LogP contribution is -2.38. The highest BCUT2D eigenvalue weighted by molar-refractivity contribution is 7.89. The molecular weight excluding hydrogens is 352 g/mol. The van der Waals surface area contributed by atoms with Gasteiger partial charge in [0.15, 0.2) is 0 Å². The van der Waals surface area contributed by atoms with E-state index in [1.807, 2.05) is 24.3 Å². The summed E-state index contributed by atoms with van der Waals surface area (Å²) in [4.78, 5) is 2.36. The van der Waals surface area contributed by atoms with Crippen LogP contribution in [-0.4, -0.2) is 58.5 Å².